The molecule has 0 aromatic carbocycles. The van der Waals surface area contributed by atoms with Crippen LogP contribution in [0.2, 0.25) is 0 Å². The minimum Gasteiger partial charge on any atom is -0.338 e. The number of nitrogens with zero attached hydrogens (tertiary/aromatic N) is 4. The molecule has 20 heavy (non-hydrogen) atoms. The molecule has 0 spiro atoms. The van der Waals surface area contributed by atoms with Gasteiger partial charge in [-0.3, -0.25) is 9.48 Å². The van der Waals surface area contributed by atoms with Crippen molar-refractivity contribution in [1.29, 1.82) is 0 Å². The molecular formula is C15H18N4O. The molecule has 2 aromatic rings. The van der Waals surface area contributed by atoms with Crippen molar-refractivity contribution in [2.75, 3.05) is 13.1 Å². The number of amides is 1. The minimum atomic E-state index is 0.140. The molecule has 3 heterocycles. The molecule has 0 N–H and O–H groups in total. The number of fused-ring (bicyclic) bond motifs is 1. The topological polar surface area (TPSA) is 51.0 Å². The molecule has 1 amide bonds. The highest BCUT2D eigenvalue weighted by Crippen LogP contribution is 2.40. The van der Waals surface area contributed by atoms with E-state index in [2.05, 4.69) is 5.10 Å². The second-order valence-corrected chi connectivity index (χ2v) is 5.92. The number of carbonyl (C=O) groups excluding carboxylic acids is 1. The van der Waals surface area contributed by atoms with Crippen LogP contribution in [0.5, 0.6) is 0 Å². The molecule has 2 aliphatic rings. The Kier molecular flexibility index (Phi) is 2.40. The summed E-state index contributed by atoms with van der Waals surface area (Å²) in [6, 6.07) is 2.01. The van der Waals surface area contributed by atoms with Crippen LogP contribution in [0.4, 0.5) is 0 Å². The maximum absolute atomic E-state index is 12.7. The Balaban J connectivity index is 1.93. The highest BCUT2D eigenvalue weighted by atomic mass is 16.2. The van der Waals surface area contributed by atoms with Crippen LogP contribution in [-0.2, 0) is 7.05 Å². The summed E-state index contributed by atoms with van der Waals surface area (Å²) in [6.45, 7) is 3.70. The van der Waals surface area contributed by atoms with Crippen molar-refractivity contribution in [2.24, 2.45) is 7.05 Å². The van der Waals surface area contributed by atoms with E-state index in [1.165, 1.54) is 12.8 Å². The first kappa shape index (κ1) is 11.9. The Morgan fingerprint density at radius 2 is 2.10 bits per heavy atom. The SMILES string of the molecule is Cc1nn(C)c2nc(C3CC3)cc(C(=O)N3CCC3)c12. The van der Waals surface area contributed by atoms with Gasteiger partial charge in [0.05, 0.1) is 16.6 Å². The van der Waals surface area contributed by atoms with Crippen LogP contribution in [0.3, 0.4) is 0 Å². The monoisotopic (exact) mass is 270 g/mol. The number of hydrogen-bond acceptors (Lipinski definition) is 3. The summed E-state index contributed by atoms with van der Waals surface area (Å²) in [6.07, 6.45) is 3.49. The lowest BCUT2D eigenvalue weighted by molar-refractivity contribution is 0.0653. The maximum Gasteiger partial charge on any atom is 0.254 e. The summed E-state index contributed by atoms with van der Waals surface area (Å²) in [7, 11) is 1.90. The predicted molar refractivity (Wildman–Crippen MR) is 75.7 cm³/mol. The van der Waals surface area contributed by atoms with E-state index in [0.29, 0.717) is 5.92 Å². The molecule has 1 saturated heterocycles. The van der Waals surface area contributed by atoms with Crippen LogP contribution in [0.15, 0.2) is 6.07 Å². The Labute approximate surface area is 117 Å². The smallest absolute Gasteiger partial charge is 0.254 e. The van der Waals surface area contributed by atoms with Gasteiger partial charge >= 0.3 is 0 Å². The van der Waals surface area contributed by atoms with Crippen molar-refractivity contribution in [1.82, 2.24) is 19.7 Å². The second-order valence-electron chi connectivity index (χ2n) is 5.92. The second kappa shape index (κ2) is 4.04. The van der Waals surface area contributed by atoms with Crippen molar-refractivity contribution >= 4 is 16.9 Å². The minimum absolute atomic E-state index is 0.140. The highest BCUT2D eigenvalue weighted by Gasteiger charge is 2.30. The summed E-state index contributed by atoms with van der Waals surface area (Å²) in [5.41, 5.74) is 3.59. The van der Waals surface area contributed by atoms with Crippen LogP contribution < -0.4 is 0 Å². The van der Waals surface area contributed by atoms with Gasteiger partial charge in [-0.05, 0) is 32.3 Å². The molecule has 1 saturated carbocycles. The molecule has 2 fully saturated rings. The number of pyridine rings is 1. The molecule has 0 bridgehead atoms. The van der Waals surface area contributed by atoms with Gasteiger partial charge in [0.15, 0.2) is 5.65 Å². The standard InChI is InChI=1S/C15H18N4O/c1-9-13-11(15(20)19-6-3-7-19)8-12(10-4-5-10)16-14(13)18(2)17-9/h8,10H,3-7H2,1-2H3. The highest BCUT2D eigenvalue weighted by molar-refractivity contribution is 6.06. The Morgan fingerprint density at radius 1 is 1.35 bits per heavy atom. The van der Waals surface area contributed by atoms with E-state index < -0.39 is 0 Å². The Bertz CT molecular complexity index is 710. The number of aryl methyl sites for hydroxylation is 2. The first-order valence-corrected chi connectivity index (χ1v) is 7.28. The van der Waals surface area contributed by atoms with E-state index in [-0.39, 0.29) is 5.91 Å². The van der Waals surface area contributed by atoms with Gasteiger partial charge in [0.2, 0.25) is 0 Å². The number of hydrogen-bond donors (Lipinski definition) is 0. The number of carbonyl (C=O) groups is 1. The zero-order valence-corrected chi connectivity index (χ0v) is 11.9. The third-order valence-electron chi connectivity index (χ3n) is 4.36. The van der Waals surface area contributed by atoms with Gasteiger partial charge in [-0.2, -0.15) is 5.10 Å². The zero-order valence-electron chi connectivity index (χ0n) is 11.9. The van der Waals surface area contributed by atoms with Gasteiger partial charge in [-0.25, -0.2) is 4.98 Å². The maximum atomic E-state index is 12.7. The van der Waals surface area contributed by atoms with Crippen molar-refractivity contribution in [2.45, 2.75) is 32.1 Å². The lowest BCUT2D eigenvalue weighted by Gasteiger charge is -2.31. The third kappa shape index (κ3) is 1.65. The first-order chi connectivity index (χ1) is 9.65. The normalized spacial score (nSPS) is 18.4. The van der Waals surface area contributed by atoms with Gasteiger partial charge in [0.25, 0.3) is 5.91 Å². The quantitative estimate of drug-likeness (QED) is 0.838. The Morgan fingerprint density at radius 3 is 2.70 bits per heavy atom. The van der Waals surface area contributed by atoms with Crippen molar-refractivity contribution in [3.05, 3.63) is 23.0 Å². The predicted octanol–water partition coefficient (Wildman–Crippen LogP) is 2.00. The summed E-state index contributed by atoms with van der Waals surface area (Å²) in [4.78, 5) is 19.3. The molecule has 1 aliphatic heterocycles. The molecule has 0 atom stereocenters. The average Bonchev–Trinajstić information content (AvgIpc) is 3.15. The first-order valence-electron chi connectivity index (χ1n) is 7.28. The van der Waals surface area contributed by atoms with Crippen molar-refractivity contribution in [3.8, 4) is 0 Å². The van der Waals surface area contributed by atoms with Crippen LogP contribution >= 0.6 is 0 Å². The molecule has 0 unspecified atom stereocenters. The van der Waals surface area contributed by atoms with Crippen molar-refractivity contribution < 1.29 is 4.79 Å². The van der Waals surface area contributed by atoms with E-state index in [4.69, 9.17) is 4.98 Å². The van der Waals surface area contributed by atoms with Gasteiger partial charge in [-0.1, -0.05) is 0 Å². The van der Waals surface area contributed by atoms with Crippen molar-refractivity contribution in [3.63, 3.8) is 0 Å². The van der Waals surface area contributed by atoms with Gasteiger partial charge < -0.3 is 4.90 Å². The largest absolute Gasteiger partial charge is 0.338 e. The molecule has 104 valence electrons. The lowest BCUT2D eigenvalue weighted by Crippen LogP contribution is -2.42. The number of aromatic nitrogens is 3. The van der Waals surface area contributed by atoms with E-state index in [1.807, 2.05) is 24.9 Å². The molecular weight excluding hydrogens is 252 g/mol. The van der Waals surface area contributed by atoms with E-state index in [9.17, 15) is 4.79 Å². The fourth-order valence-corrected chi connectivity index (χ4v) is 2.91. The summed E-state index contributed by atoms with van der Waals surface area (Å²) in [5.74, 6) is 0.680. The molecule has 0 radical (unpaired) electrons. The van der Waals surface area contributed by atoms with Crippen LogP contribution in [-0.4, -0.2) is 38.7 Å². The number of rotatable bonds is 2. The van der Waals surface area contributed by atoms with E-state index >= 15 is 0 Å². The van der Waals surface area contributed by atoms with E-state index in [1.54, 1.807) is 4.68 Å². The molecule has 1 aliphatic carbocycles. The fraction of sp³-hybridized carbons (Fsp3) is 0.533. The third-order valence-corrected chi connectivity index (χ3v) is 4.36. The summed E-state index contributed by atoms with van der Waals surface area (Å²) in [5, 5.41) is 5.37. The molecule has 5 nitrogen and oxygen atoms in total. The Hall–Kier alpha value is -1.91. The van der Waals surface area contributed by atoms with Crippen LogP contribution in [0, 0.1) is 6.92 Å². The van der Waals surface area contributed by atoms with Crippen LogP contribution in [0.25, 0.3) is 11.0 Å². The fourth-order valence-electron chi connectivity index (χ4n) is 2.91. The van der Waals surface area contributed by atoms with Gasteiger partial charge in [0, 0.05) is 31.7 Å². The lowest BCUT2D eigenvalue weighted by atomic mass is 10.0. The zero-order chi connectivity index (χ0) is 13.9. The molecule has 2 aromatic heterocycles. The summed E-state index contributed by atoms with van der Waals surface area (Å²) >= 11 is 0. The molecule has 4 rings (SSSR count). The molecule has 5 heteroatoms. The van der Waals surface area contributed by atoms with Gasteiger partial charge in [0.1, 0.15) is 0 Å². The van der Waals surface area contributed by atoms with Gasteiger partial charge in [-0.15, -0.1) is 0 Å². The van der Waals surface area contributed by atoms with E-state index in [0.717, 1.165) is 47.5 Å². The number of likely N-dealkylation sites (tertiary alicyclic amines) is 1. The van der Waals surface area contributed by atoms with Crippen LogP contribution in [0.1, 0.15) is 46.9 Å². The summed E-state index contributed by atoms with van der Waals surface area (Å²) < 4.78 is 1.80. The average molecular weight is 270 g/mol.